The van der Waals surface area contributed by atoms with Gasteiger partial charge in [0.15, 0.2) is 6.79 Å². The highest BCUT2D eigenvalue weighted by Crippen LogP contribution is 2.23. The molecule has 3 nitrogen and oxygen atoms in total. The van der Waals surface area contributed by atoms with Crippen LogP contribution in [0, 0.1) is 0 Å². The predicted octanol–water partition coefficient (Wildman–Crippen LogP) is 2.93. The Morgan fingerprint density at radius 3 is 2.81 bits per heavy atom. The summed E-state index contributed by atoms with van der Waals surface area (Å²) in [5.74, 6) is 0.873. The van der Waals surface area contributed by atoms with Crippen LogP contribution in [0.1, 0.15) is 19.4 Å². The molecule has 0 aromatic heterocycles. The molecule has 1 aromatic carbocycles. The number of benzene rings is 1. The lowest BCUT2D eigenvalue weighted by atomic mass is 10.2. The van der Waals surface area contributed by atoms with Crippen molar-refractivity contribution in [1.82, 2.24) is 5.32 Å². The van der Waals surface area contributed by atoms with Crippen molar-refractivity contribution in [3.05, 3.63) is 28.2 Å². The van der Waals surface area contributed by atoms with Gasteiger partial charge in [-0.15, -0.1) is 0 Å². The van der Waals surface area contributed by atoms with E-state index in [1.54, 1.807) is 0 Å². The zero-order valence-corrected chi connectivity index (χ0v) is 11.3. The van der Waals surface area contributed by atoms with Crippen LogP contribution in [0.3, 0.4) is 0 Å². The zero-order chi connectivity index (χ0) is 11.8. The maximum Gasteiger partial charge on any atom is 0.189 e. The zero-order valence-electron chi connectivity index (χ0n) is 9.75. The van der Waals surface area contributed by atoms with E-state index in [0.717, 1.165) is 28.9 Å². The van der Waals surface area contributed by atoms with E-state index in [1.165, 1.54) is 0 Å². The van der Waals surface area contributed by atoms with Gasteiger partial charge in [-0.2, -0.15) is 0 Å². The fraction of sp³-hybridized carbons (Fsp3) is 0.500. The Morgan fingerprint density at radius 1 is 1.31 bits per heavy atom. The van der Waals surface area contributed by atoms with Gasteiger partial charge in [-0.1, -0.05) is 22.9 Å². The molecular weight excluding hydrogens is 270 g/mol. The van der Waals surface area contributed by atoms with Crippen molar-refractivity contribution in [2.75, 3.05) is 19.9 Å². The lowest BCUT2D eigenvalue weighted by Crippen LogP contribution is -2.13. The average molecular weight is 288 g/mol. The second-order valence-electron chi connectivity index (χ2n) is 3.29. The molecule has 1 N–H and O–H groups in total. The van der Waals surface area contributed by atoms with Gasteiger partial charge in [0.2, 0.25) is 0 Å². The second-order valence-corrected chi connectivity index (χ2v) is 4.20. The van der Waals surface area contributed by atoms with E-state index in [4.69, 9.17) is 9.47 Å². The standard InChI is InChI=1S/C12H18BrNO2/c1-3-14-8-10-7-11(13)5-6-12(10)16-9-15-4-2/h5-7,14H,3-4,8-9H2,1-2H3. The molecule has 0 atom stereocenters. The largest absolute Gasteiger partial charge is 0.467 e. The molecule has 1 aromatic rings. The fourth-order valence-electron chi connectivity index (χ4n) is 1.28. The second kappa shape index (κ2) is 7.65. The average Bonchev–Trinajstić information content (AvgIpc) is 2.29. The monoisotopic (exact) mass is 287 g/mol. The topological polar surface area (TPSA) is 30.5 Å². The van der Waals surface area contributed by atoms with Crippen LogP contribution >= 0.6 is 15.9 Å². The van der Waals surface area contributed by atoms with Gasteiger partial charge < -0.3 is 14.8 Å². The van der Waals surface area contributed by atoms with Crippen LogP contribution < -0.4 is 10.1 Å². The third kappa shape index (κ3) is 4.51. The summed E-state index contributed by atoms with van der Waals surface area (Å²) in [6.07, 6.45) is 0. The highest BCUT2D eigenvalue weighted by molar-refractivity contribution is 9.10. The summed E-state index contributed by atoms with van der Waals surface area (Å²) in [7, 11) is 0. The summed E-state index contributed by atoms with van der Waals surface area (Å²) < 4.78 is 11.8. The van der Waals surface area contributed by atoms with E-state index in [2.05, 4.69) is 34.2 Å². The van der Waals surface area contributed by atoms with E-state index in [1.807, 2.05) is 19.1 Å². The fourth-order valence-corrected chi connectivity index (χ4v) is 1.68. The molecule has 0 aliphatic carbocycles. The molecule has 0 amide bonds. The number of nitrogens with one attached hydrogen (secondary N) is 1. The van der Waals surface area contributed by atoms with Gasteiger partial charge in [0.05, 0.1) is 0 Å². The van der Waals surface area contributed by atoms with Crippen LogP contribution in [0.2, 0.25) is 0 Å². The Kier molecular flexibility index (Phi) is 6.45. The SMILES string of the molecule is CCNCc1cc(Br)ccc1OCOCC. The quantitative estimate of drug-likeness (QED) is 0.618. The normalized spacial score (nSPS) is 10.4. The lowest BCUT2D eigenvalue weighted by Gasteiger charge is -2.12. The van der Waals surface area contributed by atoms with Crippen molar-refractivity contribution in [3.8, 4) is 5.75 Å². The molecule has 0 aliphatic heterocycles. The van der Waals surface area contributed by atoms with Crippen LogP contribution in [0.5, 0.6) is 5.75 Å². The van der Waals surface area contributed by atoms with Crippen molar-refractivity contribution >= 4 is 15.9 Å². The van der Waals surface area contributed by atoms with E-state index < -0.39 is 0 Å². The first-order valence-corrected chi connectivity index (χ1v) is 6.27. The lowest BCUT2D eigenvalue weighted by molar-refractivity contribution is 0.0218. The summed E-state index contributed by atoms with van der Waals surface area (Å²) in [5, 5.41) is 3.28. The molecule has 0 spiro atoms. The Morgan fingerprint density at radius 2 is 2.12 bits per heavy atom. The molecule has 90 valence electrons. The van der Waals surface area contributed by atoms with Gasteiger partial charge in [-0.3, -0.25) is 0 Å². The van der Waals surface area contributed by atoms with Crippen molar-refractivity contribution in [1.29, 1.82) is 0 Å². The van der Waals surface area contributed by atoms with Gasteiger partial charge in [-0.05, 0) is 31.7 Å². The number of ether oxygens (including phenoxy) is 2. The third-order valence-corrected chi connectivity index (χ3v) is 2.58. The molecule has 0 bridgehead atoms. The summed E-state index contributed by atoms with van der Waals surface area (Å²) in [4.78, 5) is 0. The minimum atomic E-state index is 0.303. The van der Waals surface area contributed by atoms with Gasteiger partial charge in [0, 0.05) is 23.2 Å². The van der Waals surface area contributed by atoms with E-state index in [9.17, 15) is 0 Å². The van der Waals surface area contributed by atoms with E-state index in [0.29, 0.717) is 13.4 Å². The molecule has 0 radical (unpaired) electrons. The first kappa shape index (κ1) is 13.5. The maximum atomic E-state index is 5.55. The van der Waals surface area contributed by atoms with Gasteiger partial charge in [0.1, 0.15) is 5.75 Å². The molecule has 1 rings (SSSR count). The minimum Gasteiger partial charge on any atom is -0.467 e. The number of rotatable bonds is 7. The van der Waals surface area contributed by atoms with Crippen LogP contribution in [0.25, 0.3) is 0 Å². The summed E-state index contributed by atoms with van der Waals surface area (Å²) in [6, 6.07) is 5.98. The van der Waals surface area contributed by atoms with E-state index in [-0.39, 0.29) is 0 Å². The first-order valence-electron chi connectivity index (χ1n) is 5.47. The predicted molar refractivity (Wildman–Crippen MR) is 68.6 cm³/mol. The van der Waals surface area contributed by atoms with Crippen LogP contribution in [0.15, 0.2) is 22.7 Å². The number of hydrogen-bond donors (Lipinski definition) is 1. The highest BCUT2D eigenvalue weighted by atomic mass is 79.9. The van der Waals surface area contributed by atoms with Gasteiger partial charge in [-0.25, -0.2) is 0 Å². The van der Waals surface area contributed by atoms with Crippen molar-refractivity contribution in [3.63, 3.8) is 0 Å². The highest BCUT2D eigenvalue weighted by Gasteiger charge is 2.04. The summed E-state index contributed by atoms with van der Waals surface area (Å²) in [5.41, 5.74) is 1.14. The number of halogens is 1. The van der Waals surface area contributed by atoms with Crippen LogP contribution in [-0.2, 0) is 11.3 Å². The summed E-state index contributed by atoms with van der Waals surface area (Å²) >= 11 is 3.46. The Balaban J connectivity index is 2.64. The summed E-state index contributed by atoms with van der Waals surface area (Å²) in [6.45, 7) is 6.74. The Labute approximate surface area is 105 Å². The first-order chi connectivity index (χ1) is 7.77. The molecule has 0 saturated carbocycles. The molecule has 0 aliphatic rings. The van der Waals surface area contributed by atoms with E-state index >= 15 is 0 Å². The van der Waals surface area contributed by atoms with Gasteiger partial charge in [0.25, 0.3) is 0 Å². The van der Waals surface area contributed by atoms with Crippen LogP contribution in [0.4, 0.5) is 0 Å². The third-order valence-electron chi connectivity index (χ3n) is 2.09. The molecular formula is C12H18BrNO2. The smallest absolute Gasteiger partial charge is 0.189 e. The molecule has 0 heterocycles. The Bertz CT molecular complexity index is 318. The molecule has 0 fully saturated rings. The minimum absolute atomic E-state index is 0.303. The maximum absolute atomic E-state index is 5.55. The molecule has 16 heavy (non-hydrogen) atoms. The Hall–Kier alpha value is -0.580. The van der Waals surface area contributed by atoms with Crippen molar-refractivity contribution in [2.45, 2.75) is 20.4 Å². The van der Waals surface area contributed by atoms with Gasteiger partial charge >= 0.3 is 0 Å². The van der Waals surface area contributed by atoms with Crippen molar-refractivity contribution in [2.24, 2.45) is 0 Å². The number of hydrogen-bond acceptors (Lipinski definition) is 3. The molecule has 0 saturated heterocycles. The van der Waals surface area contributed by atoms with Crippen LogP contribution in [-0.4, -0.2) is 19.9 Å². The molecule has 4 heteroatoms. The van der Waals surface area contributed by atoms with Crippen molar-refractivity contribution < 1.29 is 9.47 Å². The molecule has 0 unspecified atom stereocenters.